The third-order valence-corrected chi connectivity index (χ3v) is 2.79. The standard InChI is InChI=1S/C10H14N4O3/c15-9(16)6-14-11-5-8(13-14)12-10(17)7-3-1-2-4-7/h5,7H,1-4,6H2,(H,15,16)(H,12,13,17). The van der Waals surface area contributed by atoms with Crippen LogP contribution in [0.25, 0.3) is 0 Å². The monoisotopic (exact) mass is 238 g/mol. The number of aliphatic carboxylic acids is 1. The zero-order chi connectivity index (χ0) is 12.3. The summed E-state index contributed by atoms with van der Waals surface area (Å²) in [6.45, 7) is -0.306. The number of nitrogens with zero attached hydrogens (tertiary/aromatic N) is 3. The van der Waals surface area contributed by atoms with Crippen LogP contribution in [0.2, 0.25) is 0 Å². The highest BCUT2D eigenvalue weighted by Gasteiger charge is 2.23. The van der Waals surface area contributed by atoms with E-state index < -0.39 is 5.97 Å². The summed E-state index contributed by atoms with van der Waals surface area (Å²) < 4.78 is 0. The van der Waals surface area contributed by atoms with Crippen LogP contribution in [-0.4, -0.2) is 32.0 Å². The Morgan fingerprint density at radius 2 is 2.18 bits per heavy atom. The number of rotatable bonds is 4. The third-order valence-electron chi connectivity index (χ3n) is 2.79. The van der Waals surface area contributed by atoms with E-state index in [1.807, 2.05) is 0 Å². The van der Waals surface area contributed by atoms with Crippen molar-refractivity contribution < 1.29 is 14.7 Å². The van der Waals surface area contributed by atoms with Crippen molar-refractivity contribution >= 4 is 17.7 Å². The molecule has 0 aromatic carbocycles. The summed E-state index contributed by atoms with van der Waals surface area (Å²) in [5.41, 5.74) is 0. The van der Waals surface area contributed by atoms with Gasteiger partial charge < -0.3 is 10.4 Å². The Balaban J connectivity index is 1.91. The van der Waals surface area contributed by atoms with Crippen LogP contribution >= 0.6 is 0 Å². The summed E-state index contributed by atoms with van der Waals surface area (Å²) in [7, 11) is 0. The Bertz CT molecular complexity index is 423. The molecule has 1 aromatic rings. The van der Waals surface area contributed by atoms with Gasteiger partial charge in [0.2, 0.25) is 5.91 Å². The van der Waals surface area contributed by atoms with E-state index in [2.05, 4.69) is 15.5 Å². The molecule has 17 heavy (non-hydrogen) atoms. The molecule has 92 valence electrons. The fraction of sp³-hybridized carbons (Fsp3) is 0.600. The number of hydrogen-bond donors (Lipinski definition) is 2. The third kappa shape index (κ3) is 3.02. The first-order chi connectivity index (χ1) is 8.15. The molecule has 7 heteroatoms. The smallest absolute Gasteiger partial charge is 0.327 e. The van der Waals surface area contributed by atoms with Crippen molar-refractivity contribution in [2.45, 2.75) is 32.2 Å². The van der Waals surface area contributed by atoms with Gasteiger partial charge in [0.1, 0.15) is 0 Å². The average Bonchev–Trinajstić information content (AvgIpc) is 2.87. The van der Waals surface area contributed by atoms with Gasteiger partial charge in [0.05, 0.1) is 6.20 Å². The summed E-state index contributed by atoms with van der Waals surface area (Å²) >= 11 is 0. The SMILES string of the molecule is O=C(O)Cn1ncc(NC(=O)C2CCCC2)n1. The molecule has 0 atom stereocenters. The molecule has 0 spiro atoms. The number of carboxylic acid groups (broad SMARTS) is 1. The van der Waals surface area contributed by atoms with E-state index in [0.717, 1.165) is 30.5 Å². The number of anilines is 1. The van der Waals surface area contributed by atoms with Crippen LogP contribution in [0.4, 0.5) is 5.82 Å². The molecule has 1 aliphatic carbocycles. The molecule has 0 unspecified atom stereocenters. The topological polar surface area (TPSA) is 97.1 Å². The number of aromatic nitrogens is 3. The van der Waals surface area contributed by atoms with E-state index in [1.54, 1.807) is 0 Å². The minimum absolute atomic E-state index is 0.0510. The second-order valence-electron chi connectivity index (χ2n) is 4.12. The summed E-state index contributed by atoms with van der Waals surface area (Å²) in [5, 5.41) is 18.8. The van der Waals surface area contributed by atoms with Crippen LogP contribution in [0, 0.1) is 5.92 Å². The van der Waals surface area contributed by atoms with E-state index in [4.69, 9.17) is 5.11 Å². The lowest BCUT2D eigenvalue weighted by Gasteiger charge is -2.07. The molecule has 1 aliphatic rings. The predicted octanol–water partition coefficient (Wildman–Crippen LogP) is 0.491. The van der Waals surface area contributed by atoms with E-state index in [-0.39, 0.29) is 18.4 Å². The van der Waals surface area contributed by atoms with E-state index >= 15 is 0 Å². The summed E-state index contributed by atoms with van der Waals surface area (Å²) in [4.78, 5) is 23.2. The van der Waals surface area contributed by atoms with Crippen LogP contribution in [0.3, 0.4) is 0 Å². The molecule has 1 aromatic heterocycles. The van der Waals surface area contributed by atoms with Crippen LogP contribution in [0.15, 0.2) is 6.20 Å². The first-order valence-corrected chi connectivity index (χ1v) is 5.58. The first kappa shape index (κ1) is 11.6. The van der Waals surface area contributed by atoms with Crippen LogP contribution < -0.4 is 5.32 Å². The number of carboxylic acids is 1. The fourth-order valence-corrected chi connectivity index (χ4v) is 1.97. The lowest BCUT2D eigenvalue weighted by Crippen LogP contribution is -2.20. The second-order valence-corrected chi connectivity index (χ2v) is 4.12. The van der Waals surface area contributed by atoms with Crippen molar-refractivity contribution in [1.29, 1.82) is 0 Å². The zero-order valence-corrected chi connectivity index (χ0v) is 9.30. The van der Waals surface area contributed by atoms with Gasteiger partial charge >= 0.3 is 5.97 Å². The van der Waals surface area contributed by atoms with Gasteiger partial charge in [0.25, 0.3) is 0 Å². The lowest BCUT2D eigenvalue weighted by atomic mass is 10.1. The van der Waals surface area contributed by atoms with Crippen molar-refractivity contribution in [3.05, 3.63) is 6.20 Å². The summed E-state index contributed by atoms with van der Waals surface area (Å²) in [6.07, 6.45) is 5.35. The normalized spacial score (nSPS) is 16.0. The van der Waals surface area contributed by atoms with E-state index in [9.17, 15) is 9.59 Å². The molecule has 0 radical (unpaired) electrons. The molecule has 0 aliphatic heterocycles. The highest BCUT2D eigenvalue weighted by Crippen LogP contribution is 2.25. The van der Waals surface area contributed by atoms with E-state index in [1.165, 1.54) is 6.20 Å². The van der Waals surface area contributed by atoms with Gasteiger partial charge in [-0.05, 0) is 12.8 Å². The highest BCUT2D eigenvalue weighted by atomic mass is 16.4. The van der Waals surface area contributed by atoms with Crippen molar-refractivity contribution in [1.82, 2.24) is 15.0 Å². The molecule has 1 fully saturated rings. The maximum absolute atomic E-state index is 11.7. The molecule has 1 heterocycles. The largest absolute Gasteiger partial charge is 0.480 e. The lowest BCUT2D eigenvalue weighted by molar-refractivity contribution is -0.138. The molecular weight excluding hydrogens is 224 g/mol. The summed E-state index contributed by atoms with van der Waals surface area (Å²) in [6, 6.07) is 0. The zero-order valence-electron chi connectivity index (χ0n) is 9.30. The predicted molar refractivity (Wildman–Crippen MR) is 58.2 cm³/mol. The Hall–Kier alpha value is -1.92. The number of hydrogen-bond acceptors (Lipinski definition) is 4. The second kappa shape index (κ2) is 4.94. The molecule has 1 amide bonds. The van der Waals surface area contributed by atoms with Gasteiger partial charge in [-0.1, -0.05) is 12.8 Å². The van der Waals surface area contributed by atoms with Crippen molar-refractivity contribution in [3.63, 3.8) is 0 Å². The average molecular weight is 238 g/mol. The highest BCUT2D eigenvalue weighted by molar-refractivity contribution is 5.91. The van der Waals surface area contributed by atoms with Gasteiger partial charge in [0, 0.05) is 5.92 Å². The van der Waals surface area contributed by atoms with Crippen molar-refractivity contribution in [2.24, 2.45) is 5.92 Å². The maximum atomic E-state index is 11.7. The Kier molecular flexibility index (Phi) is 3.36. The Labute approximate surface area is 97.8 Å². The Morgan fingerprint density at radius 1 is 1.47 bits per heavy atom. The van der Waals surface area contributed by atoms with Gasteiger partial charge in [0.15, 0.2) is 12.4 Å². The Morgan fingerprint density at radius 3 is 2.82 bits per heavy atom. The number of amides is 1. The van der Waals surface area contributed by atoms with Crippen molar-refractivity contribution in [3.8, 4) is 0 Å². The molecule has 2 N–H and O–H groups in total. The molecule has 0 saturated heterocycles. The molecule has 7 nitrogen and oxygen atoms in total. The van der Waals surface area contributed by atoms with Crippen molar-refractivity contribution in [2.75, 3.05) is 5.32 Å². The summed E-state index contributed by atoms with van der Waals surface area (Å²) in [5.74, 6) is -0.707. The fourth-order valence-electron chi connectivity index (χ4n) is 1.97. The van der Waals surface area contributed by atoms with Gasteiger partial charge in [-0.3, -0.25) is 9.59 Å². The first-order valence-electron chi connectivity index (χ1n) is 5.58. The van der Waals surface area contributed by atoms with Gasteiger partial charge in [-0.2, -0.15) is 9.90 Å². The molecule has 2 rings (SSSR count). The molecule has 0 bridgehead atoms. The number of carbonyl (C=O) groups is 2. The van der Waals surface area contributed by atoms with Gasteiger partial charge in [-0.15, -0.1) is 5.10 Å². The van der Waals surface area contributed by atoms with E-state index in [0.29, 0.717) is 5.82 Å². The number of carbonyl (C=O) groups excluding carboxylic acids is 1. The van der Waals surface area contributed by atoms with Crippen LogP contribution in [-0.2, 0) is 16.1 Å². The molecule has 1 saturated carbocycles. The van der Waals surface area contributed by atoms with Crippen LogP contribution in [0.5, 0.6) is 0 Å². The maximum Gasteiger partial charge on any atom is 0.327 e. The molecular formula is C10H14N4O3. The number of nitrogens with one attached hydrogen (secondary N) is 1. The minimum atomic E-state index is -1.02. The van der Waals surface area contributed by atoms with Gasteiger partial charge in [-0.25, -0.2) is 0 Å². The quantitative estimate of drug-likeness (QED) is 0.795. The van der Waals surface area contributed by atoms with Crippen LogP contribution in [0.1, 0.15) is 25.7 Å². The minimum Gasteiger partial charge on any atom is -0.480 e.